The summed E-state index contributed by atoms with van der Waals surface area (Å²) in [6.07, 6.45) is 8.82. The first kappa shape index (κ1) is 32.6. The number of pyridine rings is 2. The molecule has 242 valence electrons. The highest BCUT2D eigenvalue weighted by Crippen LogP contribution is 2.42. The van der Waals surface area contributed by atoms with Crippen LogP contribution in [0.25, 0.3) is 50.0 Å². The maximum Gasteiger partial charge on any atom is 0.134 e. The van der Waals surface area contributed by atoms with Crippen molar-refractivity contribution in [3.05, 3.63) is 114 Å². The number of aromatic nitrogens is 2. The van der Waals surface area contributed by atoms with Crippen molar-refractivity contribution in [3.63, 3.8) is 0 Å². The molecule has 1 aliphatic heterocycles. The Labute approximate surface area is 282 Å². The van der Waals surface area contributed by atoms with E-state index in [2.05, 4.69) is 70.8 Å². The highest BCUT2D eigenvalue weighted by Gasteiger charge is 2.24. The van der Waals surface area contributed by atoms with Gasteiger partial charge in [-0.1, -0.05) is 85.0 Å². The molecule has 0 bridgehead atoms. The van der Waals surface area contributed by atoms with Crippen LogP contribution in [0.15, 0.2) is 102 Å². The fraction of sp³-hybridized carbons (Fsp3) is 0.238. The van der Waals surface area contributed by atoms with E-state index < -0.39 is 0 Å². The maximum atomic E-state index is 11.7. The van der Waals surface area contributed by atoms with E-state index in [0.717, 1.165) is 40.4 Å². The minimum absolute atomic E-state index is 0.0698. The predicted molar refractivity (Wildman–Crippen MR) is 201 cm³/mol. The average molecular weight is 635 g/mol. The highest BCUT2D eigenvalue weighted by atomic mass is 16.3. The van der Waals surface area contributed by atoms with Gasteiger partial charge in [0, 0.05) is 45.4 Å². The first-order valence-corrected chi connectivity index (χ1v) is 16.3. The lowest BCUT2D eigenvalue weighted by Crippen LogP contribution is -2.13. The SMILES string of the molecule is C=CN=C(C=C)c1cc(C(C)(C)C)cc(-c2ccc3ccc4ccc(-c5cc(C(C)(C)C)cc(C6=CCCC=N6)c5O)nc4c3n2)c1O. The molecule has 3 aromatic carbocycles. The van der Waals surface area contributed by atoms with Gasteiger partial charge in [-0.15, -0.1) is 0 Å². The smallest absolute Gasteiger partial charge is 0.134 e. The highest BCUT2D eigenvalue weighted by molar-refractivity contribution is 6.12. The van der Waals surface area contributed by atoms with E-state index in [-0.39, 0.29) is 22.3 Å². The van der Waals surface area contributed by atoms with Crippen molar-refractivity contribution in [3.8, 4) is 34.0 Å². The van der Waals surface area contributed by atoms with E-state index in [1.165, 1.54) is 6.20 Å². The number of phenolic OH excluding ortho intramolecular Hbond substituents is 2. The molecular formula is C42H42N4O2. The average Bonchev–Trinajstić information content (AvgIpc) is 3.06. The summed E-state index contributed by atoms with van der Waals surface area (Å²) in [5.41, 5.74) is 8.19. The summed E-state index contributed by atoms with van der Waals surface area (Å²) in [6.45, 7) is 20.5. The third kappa shape index (κ3) is 6.06. The Morgan fingerprint density at radius 2 is 1.23 bits per heavy atom. The molecular weight excluding hydrogens is 592 g/mol. The summed E-state index contributed by atoms with van der Waals surface area (Å²) in [6, 6.07) is 20.0. The fourth-order valence-electron chi connectivity index (χ4n) is 6.00. The second-order valence-electron chi connectivity index (χ2n) is 14.3. The van der Waals surface area contributed by atoms with Crippen LogP contribution in [-0.4, -0.2) is 32.1 Å². The number of hydrogen-bond acceptors (Lipinski definition) is 6. The number of nitrogens with zero attached hydrogens (tertiary/aromatic N) is 4. The lowest BCUT2D eigenvalue weighted by atomic mass is 9.83. The molecule has 0 saturated carbocycles. The quantitative estimate of drug-likeness (QED) is 0.144. The number of aromatic hydroxyl groups is 2. The van der Waals surface area contributed by atoms with Crippen molar-refractivity contribution in [2.75, 3.05) is 0 Å². The van der Waals surface area contributed by atoms with E-state index >= 15 is 0 Å². The van der Waals surface area contributed by atoms with Crippen molar-refractivity contribution >= 4 is 39.4 Å². The summed E-state index contributed by atoms with van der Waals surface area (Å²) >= 11 is 0. The molecule has 6 nitrogen and oxygen atoms in total. The molecule has 0 fully saturated rings. The van der Waals surface area contributed by atoms with Crippen LogP contribution in [0.3, 0.4) is 0 Å². The molecule has 2 N–H and O–H groups in total. The van der Waals surface area contributed by atoms with E-state index in [4.69, 9.17) is 9.97 Å². The third-order valence-electron chi connectivity index (χ3n) is 8.86. The summed E-state index contributed by atoms with van der Waals surface area (Å²) in [7, 11) is 0. The molecule has 2 aromatic heterocycles. The van der Waals surface area contributed by atoms with Gasteiger partial charge in [0.2, 0.25) is 0 Å². The number of phenols is 2. The molecule has 3 heterocycles. The molecule has 0 atom stereocenters. The zero-order valence-corrected chi connectivity index (χ0v) is 28.6. The largest absolute Gasteiger partial charge is 0.507 e. The number of aliphatic imine (C=N–C) groups is 2. The zero-order chi connectivity index (χ0) is 34.4. The van der Waals surface area contributed by atoms with E-state index in [9.17, 15) is 10.2 Å². The van der Waals surface area contributed by atoms with Crippen molar-refractivity contribution in [2.45, 2.75) is 65.2 Å². The van der Waals surface area contributed by atoms with E-state index in [1.54, 1.807) is 6.08 Å². The van der Waals surface area contributed by atoms with Gasteiger partial charge in [0.15, 0.2) is 0 Å². The molecule has 5 aromatic rings. The van der Waals surface area contributed by atoms with Gasteiger partial charge in [0.1, 0.15) is 11.5 Å². The molecule has 0 amide bonds. The summed E-state index contributed by atoms with van der Waals surface area (Å²) in [5, 5.41) is 25.2. The minimum atomic E-state index is -0.209. The standard InChI is InChI=1S/C42H42N4O2/c1-9-33(43-10-2)29-21-27(41(3,4)5)23-31(39(29)47)35-18-16-25-14-15-26-17-19-36(46-38(26)37(25)45-35)32-24-28(42(6,7)8)22-30(40(32)48)34-13-11-12-20-44-34/h9-10,13-24,47-48H,1-2,11-12H2,3-8H3. The Morgan fingerprint density at radius 3 is 1.73 bits per heavy atom. The van der Waals surface area contributed by atoms with Gasteiger partial charge in [-0.05, 0) is 77.3 Å². The van der Waals surface area contributed by atoms with Crippen LogP contribution < -0.4 is 0 Å². The predicted octanol–water partition coefficient (Wildman–Crippen LogP) is 10.4. The lowest BCUT2D eigenvalue weighted by Gasteiger charge is -2.23. The van der Waals surface area contributed by atoms with Crippen molar-refractivity contribution in [2.24, 2.45) is 9.98 Å². The Hall–Kier alpha value is -5.36. The van der Waals surface area contributed by atoms with Gasteiger partial charge >= 0.3 is 0 Å². The Kier molecular flexibility index (Phi) is 8.38. The number of allylic oxidation sites excluding steroid dienone is 2. The van der Waals surface area contributed by atoms with Gasteiger partial charge in [0.05, 0.1) is 33.8 Å². The molecule has 0 aliphatic carbocycles. The zero-order valence-electron chi connectivity index (χ0n) is 28.6. The van der Waals surface area contributed by atoms with Crippen molar-refractivity contribution in [1.82, 2.24) is 9.97 Å². The Balaban J connectivity index is 1.59. The summed E-state index contributed by atoms with van der Waals surface area (Å²) in [5.74, 6) is 0.227. The topological polar surface area (TPSA) is 91.0 Å². The first-order valence-electron chi connectivity index (χ1n) is 16.3. The number of benzene rings is 3. The van der Waals surface area contributed by atoms with Crippen LogP contribution >= 0.6 is 0 Å². The molecule has 0 unspecified atom stereocenters. The van der Waals surface area contributed by atoms with Gasteiger partial charge < -0.3 is 10.2 Å². The first-order chi connectivity index (χ1) is 22.8. The number of rotatable bonds is 6. The maximum absolute atomic E-state index is 11.7. The van der Waals surface area contributed by atoms with Crippen LogP contribution in [0.2, 0.25) is 0 Å². The van der Waals surface area contributed by atoms with E-state index in [0.29, 0.717) is 50.4 Å². The molecule has 0 radical (unpaired) electrons. The van der Waals surface area contributed by atoms with E-state index in [1.807, 2.05) is 66.9 Å². The second kappa shape index (κ2) is 12.3. The van der Waals surface area contributed by atoms with Gasteiger partial charge in [-0.2, -0.15) is 0 Å². The normalized spacial score (nSPS) is 14.0. The molecule has 6 rings (SSSR count). The molecule has 1 aliphatic rings. The van der Waals surface area contributed by atoms with Crippen molar-refractivity contribution < 1.29 is 10.2 Å². The van der Waals surface area contributed by atoms with Crippen LogP contribution in [0.4, 0.5) is 0 Å². The Morgan fingerprint density at radius 1 is 0.708 bits per heavy atom. The number of fused-ring (bicyclic) bond motifs is 3. The lowest BCUT2D eigenvalue weighted by molar-refractivity contribution is 0.473. The van der Waals surface area contributed by atoms with Gasteiger partial charge in [0.25, 0.3) is 0 Å². The van der Waals surface area contributed by atoms with Gasteiger partial charge in [-0.25, -0.2) is 9.97 Å². The third-order valence-corrected chi connectivity index (χ3v) is 8.86. The Bertz CT molecular complexity index is 2210. The molecule has 6 heteroatoms. The number of hydrogen-bond donors (Lipinski definition) is 2. The molecule has 0 saturated heterocycles. The van der Waals surface area contributed by atoms with Crippen LogP contribution in [0.1, 0.15) is 76.6 Å². The summed E-state index contributed by atoms with van der Waals surface area (Å²) in [4.78, 5) is 19.3. The molecule has 0 spiro atoms. The molecule has 48 heavy (non-hydrogen) atoms. The van der Waals surface area contributed by atoms with Gasteiger partial charge in [-0.3, -0.25) is 9.98 Å². The monoisotopic (exact) mass is 634 g/mol. The van der Waals surface area contributed by atoms with Crippen LogP contribution in [-0.2, 0) is 10.8 Å². The van der Waals surface area contributed by atoms with Crippen LogP contribution in [0.5, 0.6) is 11.5 Å². The minimum Gasteiger partial charge on any atom is -0.507 e. The van der Waals surface area contributed by atoms with Crippen molar-refractivity contribution in [1.29, 1.82) is 0 Å². The fourth-order valence-corrected chi connectivity index (χ4v) is 6.00. The second-order valence-corrected chi connectivity index (χ2v) is 14.3. The summed E-state index contributed by atoms with van der Waals surface area (Å²) < 4.78 is 0. The van der Waals surface area contributed by atoms with Crippen LogP contribution in [0, 0.1) is 0 Å².